The highest BCUT2D eigenvalue weighted by Crippen LogP contribution is 2.31. The molecule has 2 atom stereocenters. The Labute approximate surface area is 151 Å². The second-order valence-corrected chi connectivity index (χ2v) is 6.13. The average Bonchev–Trinajstić information content (AvgIpc) is 2.62. The van der Waals surface area contributed by atoms with E-state index in [-0.39, 0.29) is 11.9 Å². The lowest BCUT2D eigenvalue weighted by Crippen LogP contribution is -2.45. The Bertz CT molecular complexity index is 572. The highest BCUT2D eigenvalue weighted by molar-refractivity contribution is 5.80. The number of ether oxygens (including phenoxy) is 2. The van der Waals surface area contributed by atoms with Crippen molar-refractivity contribution in [1.29, 1.82) is 0 Å². The maximum atomic E-state index is 12.8. The molecule has 1 aliphatic rings. The molecule has 1 aromatic rings. The zero-order valence-electron chi connectivity index (χ0n) is 15.0. The SMILES string of the molecule is CCO[C@@H](C)C(=O)NC[C@@H](c1ccc(C(F)(F)F)cc1)N1CCOCC1. The van der Waals surface area contributed by atoms with Crippen molar-refractivity contribution in [2.24, 2.45) is 0 Å². The lowest BCUT2D eigenvalue weighted by molar-refractivity contribution is -0.137. The number of hydrogen-bond donors (Lipinski definition) is 1. The molecule has 1 fully saturated rings. The summed E-state index contributed by atoms with van der Waals surface area (Å²) in [6, 6.07) is 4.88. The molecule has 1 aliphatic heterocycles. The largest absolute Gasteiger partial charge is 0.416 e. The van der Waals surface area contributed by atoms with Gasteiger partial charge in [0.15, 0.2) is 0 Å². The van der Waals surface area contributed by atoms with Crippen LogP contribution in [0.4, 0.5) is 13.2 Å². The number of carbonyl (C=O) groups is 1. The van der Waals surface area contributed by atoms with Gasteiger partial charge in [-0.3, -0.25) is 9.69 Å². The van der Waals surface area contributed by atoms with Crippen molar-refractivity contribution in [3.8, 4) is 0 Å². The summed E-state index contributed by atoms with van der Waals surface area (Å²) < 4.78 is 49.0. The molecule has 0 spiro atoms. The van der Waals surface area contributed by atoms with E-state index >= 15 is 0 Å². The molecule has 8 heteroatoms. The molecular weight excluding hydrogens is 349 g/mol. The van der Waals surface area contributed by atoms with Crippen LogP contribution in [0.1, 0.15) is 31.0 Å². The number of morpholine rings is 1. The Morgan fingerprint density at radius 3 is 2.42 bits per heavy atom. The molecular formula is C18H25F3N2O3. The second-order valence-electron chi connectivity index (χ2n) is 6.13. The first-order valence-electron chi connectivity index (χ1n) is 8.71. The molecule has 1 aromatic carbocycles. The summed E-state index contributed by atoms with van der Waals surface area (Å²) >= 11 is 0. The van der Waals surface area contributed by atoms with Gasteiger partial charge in [-0.15, -0.1) is 0 Å². The molecule has 0 aliphatic carbocycles. The van der Waals surface area contributed by atoms with E-state index in [1.54, 1.807) is 6.92 Å². The molecule has 2 rings (SSSR count). The minimum atomic E-state index is -4.37. The Morgan fingerprint density at radius 2 is 1.88 bits per heavy atom. The van der Waals surface area contributed by atoms with Crippen molar-refractivity contribution in [2.75, 3.05) is 39.5 Å². The third-order valence-electron chi connectivity index (χ3n) is 4.36. The Hall–Kier alpha value is -1.64. The summed E-state index contributed by atoms with van der Waals surface area (Å²) in [7, 11) is 0. The van der Waals surface area contributed by atoms with Gasteiger partial charge in [0.1, 0.15) is 6.10 Å². The molecule has 0 saturated carbocycles. The minimum absolute atomic E-state index is 0.223. The monoisotopic (exact) mass is 374 g/mol. The minimum Gasteiger partial charge on any atom is -0.379 e. The molecule has 1 saturated heterocycles. The summed E-state index contributed by atoms with van der Waals surface area (Å²) in [6.07, 6.45) is -4.94. The van der Waals surface area contributed by atoms with Crippen LogP contribution < -0.4 is 5.32 Å². The van der Waals surface area contributed by atoms with Gasteiger partial charge in [-0.2, -0.15) is 13.2 Å². The van der Waals surface area contributed by atoms with Crippen LogP contribution in [-0.4, -0.2) is 56.4 Å². The number of halogens is 3. The molecule has 1 N–H and O–H groups in total. The zero-order chi connectivity index (χ0) is 19.2. The molecule has 0 bridgehead atoms. The van der Waals surface area contributed by atoms with E-state index in [0.717, 1.165) is 17.7 Å². The van der Waals surface area contributed by atoms with Gasteiger partial charge in [-0.05, 0) is 31.5 Å². The van der Waals surface area contributed by atoms with Crippen LogP contribution in [0.5, 0.6) is 0 Å². The lowest BCUT2D eigenvalue weighted by atomic mass is 10.0. The molecule has 0 aromatic heterocycles. The Balaban J connectivity index is 2.12. The van der Waals surface area contributed by atoms with E-state index in [4.69, 9.17) is 9.47 Å². The van der Waals surface area contributed by atoms with Crippen molar-refractivity contribution < 1.29 is 27.4 Å². The van der Waals surface area contributed by atoms with Crippen molar-refractivity contribution in [3.05, 3.63) is 35.4 Å². The van der Waals surface area contributed by atoms with E-state index in [2.05, 4.69) is 10.2 Å². The van der Waals surface area contributed by atoms with Crippen molar-refractivity contribution >= 4 is 5.91 Å². The molecule has 0 radical (unpaired) electrons. The summed E-state index contributed by atoms with van der Waals surface area (Å²) in [4.78, 5) is 14.2. The van der Waals surface area contributed by atoms with E-state index in [9.17, 15) is 18.0 Å². The zero-order valence-corrected chi connectivity index (χ0v) is 15.0. The van der Waals surface area contributed by atoms with Gasteiger partial charge in [-0.25, -0.2) is 0 Å². The van der Waals surface area contributed by atoms with Crippen LogP contribution in [0, 0.1) is 0 Å². The molecule has 146 valence electrons. The first kappa shape index (κ1) is 20.7. The van der Waals surface area contributed by atoms with E-state index < -0.39 is 17.8 Å². The predicted octanol–water partition coefficient (Wildman–Crippen LogP) is 2.62. The fourth-order valence-corrected chi connectivity index (χ4v) is 2.91. The molecule has 5 nitrogen and oxygen atoms in total. The van der Waals surface area contributed by atoms with Crippen LogP contribution in [0.25, 0.3) is 0 Å². The maximum absolute atomic E-state index is 12.8. The predicted molar refractivity (Wildman–Crippen MR) is 90.7 cm³/mol. The van der Waals surface area contributed by atoms with Crippen LogP contribution in [0.15, 0.2) is 24.3 Å². The highest BCUT2D eigenvalue weighted by atomic mass is 19.4. The summed E-state index contributed by atoms with van der Waals surface area (Å²) in [5.41, 5.74) is 0.0419. The van der Waals surface area contributed by atoms with E-state index in [0.29, 0.717) is 39.5 Å². The Morgan fingerprint density at radius 1 is 1.27 bits per heavy atom. The van der Waals surface area contributed by atoms with Gasteiger partial charge in [-0.1, -0.05) is 12.1 Å². The van der Waals surface area contributed by atoms with E-state index in [1.165, 1.54) is 12.1 Å². The number of alkyl halides is 3. The molecule has 1 amide bonds. The van der Waals surface area contributed by atoms with Crippen LogP contribution in [0.2, 0.25) is 0 Å². The van der Waals surface area contributed by atoms with Gasteiger partial charge in [0.25, 0.3) is 0 Å². The number of nitrogens with zero attached hydrogens (tertiary/aromatic N) is 1. The number of benzene rings is 1. The van der Waals surface area contributed by atoms with Gasteiger partial charge in [0, 0.05) is 26.2 Å². The first-order chi connectivity index (χ1) is 12.3. The average molecular weight is 374 g/mol. The van der Waals surface area contributed by atoms with Gasteiger partial charge in [0.2, 0.25) is 5.91 Å². The fourth-order valence-electron chi connectivity index (χ4n) is 2.91. The number of nitrogens with one attached hydrogen (secondary N) is 1. The highest BCUT2D eigenvalue weighted by Gasteiger charge is 2.31. The maximum Gasteiger partial charge on any atom is 0.416 e. The van der Waals surface area contributed by atoms with Crippen molar-refractivity contribution in [1.82, 2.24) is 10.2 Å². The number of amides is 1. The quantitative estimate of drug-likeness (QED) is 0.797. The van der Waals surface area contributed by atoms with Crippen LogP contribution in [0.3, 0.4) is 0 Å². The topological polar surface area (TPSA) is 50.8 Å². The lowest BCUT2D eigenvalue weighted by Gasteiger charge is -2.35. The van der Waals surface area contributed by atoms with Crippen molar-refractivity contribution in [2.45, 2.75) is 32.2 Å². The van der Waals surface area contributed by atoms with E-state index in [1.807, 2.05) is 6.92 Å². The fraction of sp³-hybridized carbons (Fsp3) is 0.611. The van der Waals surface area contributed by atoms with Crippen LogP contribution in [-0.2, 0) is 20.4 Å². The Kier molecular flexibility index (Phi) is 7.43. The second kappa shape index (κ2) is 9.34. The number of hydrogen-bond acceptors (Lipinski definition) is 4. The third-order valence-corrected chi connectivity index (χ3v) is 4.36. The van der Waals surface area contributed by atoms with Gasteiger partial charge < -0.3 is 14.8 Å². The summed E-state index contributed by atoms with van der Waals surface area (Å²) in [6.45, 7) is 6.62. The van der Waals surface area contributed by atoms with Crippen LogP contribution >= 0.6 is 0 Å². The number of carbonyl (C=O) groups excluding carboxylic acids is 1. The molecule has 1 heterocycles. The van der Waals surface area contributed by atoms with Gasteiger partial charge >= 0.3 is 6.18 Å². The smallest absolute Gasteiger partial charge is 0.379 e. The van der Waals surface area contributed by atoms with Crippen molar-refractivity contribution in [3.63, 3.8) is 0 Å². The first-order valence-corrected chi connectivity index (χ1v) is 8.71. The molecule has 26 heavy (non-hydrogen) atoms. The summed E-state index contributed by atoms with van der Waals surface area (Å²) in [5.74, 6) is -0.239. The summed E-state index contributed by atoms with van der Waals surface area (Å²) in [5, 5.41) is 2.84. The normalized spacial score (nSPS) is 18.3. The van der Waals surface area contributed by atoms with Gasteiger partial charge in [0.05, 0.1) is 24.8 Å². The molecule has 0 unspecified atom stereocenters. The standard InChI is InChI=1S/C18H25F3N2O3/c1-3-26-13(2)17(24)22-12-16(23-8-10-25-11-9-23)14-4-6-15(7-5-14)18(19,20)21/h4-7,13,16H,3,8-12H2,1-2H3,(H,22,24)/t13-,16-/m0/s1. The number of rotatable bonds is 7. The third kappa shape index (κ3) is 5.69.